The molecule has 0 aliphatic heterocycles. The van der Waals surface area contributed by atoms with Crippen molar-refractivity contribution in [2.75, 3.05) is 0 Å². The highest BCUT2D eigenvalue weighted by Gasteiger charge is 2.31. The summed E-state index contributed by atoms with van der Waals surface area (Å²) in [4.78, 5) is 0. The summed E-state index contributed by atoms with van der Waals surface area (Å²) in [6.45, 7) is 2.30. The second-order valence-electron chi connectivity index (χ2n) is 6.42. The van der Waals surface area contributed by atoms with Gasteiger partial charge < -0.3 is 0 Å². The molecule has 0 saturated heterocycles. The summed E-state index contributed by atoms with van der Waals surface area (Å²) in [5.74, 6) is 0.988. The molecule has 4 atom stereocenters. The Morgan fingerprint density at radius 1 is 1.00 bits per heavy atom. The Bertz CT molecular complexity index is 455. The van der Waals surface area contributed by atoms with Gasteiger partial charge in [0.2, 0.25) is 0 Å². The molecule has 1 aromatic rings. The number of hydrogen-bond donors (Lipinski definition) is 0. The van der Waals surface area contributed by atoms with E-state index in [9.17, 15) is 8.78 Å². The predicted molar refractivity (Wildman–Crippen MR) is 74.0 cm³/mol. The van der Waals surface area contributed by atoms with Gasteiger partial charge in [0.15, 0.2) is 0 Å². The number of hydrogen-bond acceptors (Lipinski definition) is 0. The Hall–Kier alpha value is -0.920. The Balaban J connectivity index is 1.79. The van der Waals surface area contributed by atoms with Crippen molar-refractivity contribution in [2.45, 2.75) is 63.7 Å². The standard InChI is InChI=1S/C17H22F2/c1-11-2-3-13-9-14(5-4-12(13)8-11)15-6-7-16(18)17(19)10-15/h4-5,9,11,15-17H,2-3,6-8,10H2,1H3. The summed E-state index contributed by atoms with van der Waals surface area (Å²) in [5.41, 5.74) is 4.12. The molecule has 19 heavy (non-hydrogen) atoms. The lowest BCUT2D eigenvalue weighted by molar-refractivity contribution is 0.108. The van der Waals surface area contributed by atoms with E-state index in [2.05, 4.69) is 25.1 Å². The molecular formula is C17H22F2. The third-order valence-electron chi connectivity index (χ3n) is 4.87. The van der Waals surface area contributed by atoms with E-state index in [1.54, 1.807) is 0 Å². The minimum Gasteiger partial charge on any atom is -0.244 e. The first-order chi connectivity index (χ1) is 9.13. The van der Waals surface area contributed by atoms with Crippen LogP contribution >= 0.6 is 0 Å². The van der Waals surface area contributed by atoms with E-state index in [0.29, 0.717) is 12.8 Å². The second-order valence-corrected chi connectivity index (χ2v) is 6.42. The van der Waals surface area contributed by atoms with Crippen LogP contribution in [0.4, 0.5) is 8.78 Å². The van der Waals surface area contributed by atoms with Crippen molar-refractivity contribution in [1.29, 1.82) is 0 Å². The van der Waals surface area contributed by atoms with Crippen LogP contribution in [0.25, 0.3) is 0 Å². The van der Waals surface area contributed by atoms with Gasteiger partial charge in [0, 0.05) is 0 Å². The molecule has 2 heteroatoms. The first-order valence-corrected chi connectivity index (χ1v) is 7.53. The van der Waals surface area contributed by atoms with Crippen molar-refractivity contribution < 1.29 is 8.78 Å². The van der Waals surface area contributed by atoms with Crippen molar-refractivity contribution in [3.8, 4) is 0 Å². The number of fused-ring (bicyclic) bond motifs is 1. The van der Waals surface area contributed by atoms with Crippen molar-refractivity contribution in [3.63, 3.8) is 0 Å². The zero-order chi connectivity index (χ0) is 13.4. The highest BCUT2D eigenvalue weighted by molar-refractivity contribution is 5.36. The number of alkyl halides is 2. The molecule has 0 bridgehead atoms. The third kappa shape index (κ3) is 2.68. The molecule has 3 rings (SSSR count). The fraction of sp³-hybridized carbons (Fsp3) is 0.647. The van der Waals surface area contributed by atoms with Gasteiger partial charge in [-0.3, -0.25) is 0 Å². The van der Waals surface area contributed by atoms with Crippen LogP contribution in [0.3, 0.4) is 0 Å². The molecule has 1 aromatic carbocycles. The smallest absolute Gasteiger partial charge is 0.132 e. The molecule has 0 aromatic heterocycles. The highest BCUT2D eigenvalue weighted by Crippen LogP contribution is 2.37. The van der Waals surface area contributed by atoms with Gasteiger partial charge in [-0.2, -0.15) is 0 Å². The zero-order valence-electron chi connectivity index (χ0n) is 11.5. The lowest BCUT2D eigenvalue weighted by Crippen LogP contribution is -2.26. The molecule has 104 valence electrons. The summed E-state index contributed by atoms with van der Waals surface area (Å²) in [5, 5.41) is 0. The molecule has 2 aliphatic rings. The maximum Gasteiger partial charge on any atom is 0.132 e. The predicted octanol–water partition coefficient (Wildman–Crippen LogP) is 4.76. The quantitative estimate of drug-likeness (QED) is 0.686. The molecule has 0 nitrogen and oxygen atoms in total. The normalized spacial score (nSPS) is 34.9. The lowest BCUT2D eigenvalue weighted by Gasteiger charge is -2.29. The van der Waals surface area contributed by atoms with Crippen LogP contribution in [-0.4, -0.2) is 12.3 Å². The molecule has 0 heterocycles. The number of rotatable bonds is 1. The average molecular weight is 264 g/mol. The van der Waals surface area contributed by atoms with Gasteiger partial charge in [0.25, 0.3) is 0 Å². The van der Waals surface area contributed by atoms with Crippen LogP contribution in [0.2, 0.25) is 0 Å². The molecule has 2 aliphatic carbocycles. The average Bonchev–Trinajstić information content (AvgIpc) is 2.41. The van der Waals surface area contributed by atoms with E-state index >= 15 is 0 Å². The third-order valence-corrected chi connectivity index (χ3v) is 4.87. The molecule has 0 spiro atoms. The van der Waals surface area contributed by atoms with Crippen LogP contribution in [0.5, 0.6) is 0 Å². The van der Waals surface area contributed by atoms with Crippen LogP contribution in [-0.2, 0) is 12.8 Å². The Morgan fingerprint density at radius 2 is 1.84 bits per heavy atom. The summed E-state index contributed by atoms with van der Waals surface area (Å²) in [7, 11) is 0. The van der Waals surface area contributed by atoms with Crippen LogP contribution < -0.4 is 0 Å². The van der Waals surface area contributed by atoms with Crippen LogP contribution in [0.1, 0.15) is 55.2 Å². The monoisotopic (exact) mass is 264 g/mol. The molecule has 4 unspecified atom stereocenters. The zero-order valence-corrected chi connectivity index (χ0v) is 11.5. The van der Waals surface area contributed by atoms with Gasteiger partial charge in [-0.15, -0.1) is 0 Å². The van der Waals surface area contributed by atoms with Gasteiger partial charge in [0.1, 0.15) is 12.3 Å². The Kier molecular flexibility index (Phi) is 3.60. The molecule has 0 N–H and O–H groups in total. The van der Waals surface area contributed by atoms with Crippen molar-refractivity contribution in [3.05, 3.63) is 34.9 Å². The largest absolute Gasteiger partial charge is 0.244 e. The van der Waals surface area contributed by atoms with Gasteiger partial charge in [-0.1, -0.05) is 25.1 Å². The lowest BCUT2D eigenvalue weighted by atomic mass is 9.79. The van der Waals surface area contributed by atoms with Gasteiger partial charge >= 0.3 is 0 Å². The van der Waals surface area contributed by atoms with Crippen LogP contribution in [0, 0.1) is 5.92 Å². The van der Waals surface area contributed by atoms with Crippen molar-refractivity contribution in [1.82, 2.24) is 0 Å². The van der Waals surface area contributed by atoms with E-state index in [1.807, 2.05) is 0 Å². The molecule has 0 radical (unpaired) electrons. The Labute approximate surface area is 114 Å². The maximum atomic E-state index is 13.5. The summed E-state index contributed by atoms with van der Waals surface area (Å²) < 4.78 is 26.7. The first kappa shape index (κ1) is 13.1. The summed E-state index contributed by atoms with van der Waals surface area (Å²) in [6.07, 6.45) is 2.57. The fourth-order valence-electron chi connectivity index (χ4n) is 3.59. The van der Waals surface area contributed by atoms with E-state index in [1.165, 1.54) is 29.5 Å². The second kappa shape index (κ2) is 5.22. The summed E-state index contributed by atoms with van der Waals surface area (Å²) >= 11 is 0. The molecule has 1 saturated carbocycles. The highest BCUT2D eigenvalue weighted by atomic mass is 19.2. The fourth-order valence-corrected chi connectivity index (χ4v) is 3.59. The first-order valence-electron chi connectivity index (χ1n) is 7.53. The molecule has 0 amide bonds. The van der Waals surface area contributed by atoms with Crippen molar-refractivity contribution >= 4 is 0 Å². The number of aryl methyl sites for hydroxylation is 1. The number of halogens is 2. The summed E-state index contributed by atoms with van der Waals surface area (Å²) in [6, 6.07) is 6.62. The minimum absolute atomic E-state index is 0.214. The molecular weight excluding hydrogens is 242 g/mol. The van der Waals surface area contributed by atoms with E-state index in [0.717, 1.165) is 18.8 Å². The van der Waals surface area contributed by atoms with Crippen molar-refractivity contribution in [2.24, 2.45) is 5.92 Å². The van der Waals surface area contributed by atoms with Gasteiger partial charge in [-0.25, -0.2) is 8.78 Å². The Morgan fingerprint density at radius 3 is 2.63 bits per heavy atom. The number of benzene rings is 1. The molecule has 1 fully saturated rings. The van der Waals surface area contributed by atoms with E-state index in [-0.39, 0.29) is 5.92 Å². The maximum absolute atomic E-state index is 13.5. The topological polar surface area (TPSA) is 0 Å². The van der Waals surface area contributed by atoms with Gasteiger partial charge in [-0.05, 0) is 67.1 Å². The van der Waals surface area contributed by atoms with E-state index < -0.39 is 12.3 Å². The SMILES string of the molecule is CC1CCc2cc(C3CCC(F)C(F)C3)ccc2C1. The van der Waals surface area contributed by atoms with Gasteiger partial charge in [0.05, 0.1) is 0 Å². The van der Waals surface area contributed by atoms with Crippen LogP contribution in [0.15, 0.2) is 18.2 Å². The van der Waals surface area contributed by atoms with E-state index in [4.69, 9.17) is 0 Å². The minimum atomic E-state index is -1.27.